The van der Waals surface area contributed by atoms with E-state index in [1.54, 1.807) is 32.7 Å². The van der Waals surface area contributed by atoms with Crippen molar-refractivity contribution in [2.75, 3.05) is 21.3 Å². The highest BCUT2D eigenvalue weighted by atomic mass is 79.9. The van der Waals surface area contributed by atoms with Crippen LogP contribution < -0.4 is 14.2 Å². The molecule has 20 heavy (non-hydrogen) atoms. The van der Waals surface area contributed by atoms with Gasteiger partial charge in [0.25, 0.3) is 0 Å². The molecule has 0 spiro atoms. The van der Waals surface area contributed by atoms with E-state index in [9.17, 15) is 0 Å². The molecule has 0 saturated carbocycles. The number of rotatable bonds is 6. The van der Waals surface area contributed by atoms with Crippen LogP contribution in [0.3, 0.4) is 0 Å². The van der Waals surface area contributed by atoms with E-state index in [4.69, 9.17) is 14.2 Å². The minimum atomic E-state index is 0.218. The van der Waals surface area contributed by atoms with Gasteiger partial charge in [-0.15, -0.1) is 11.3 Å². The van der Waals surface area contributed by atoms with Crippen LogP contribution >= 0.6 is 27.3 Å². The number of hydrogen-bond acceptors (Lipinski definition) is 4. The molecule has 3 nitrogen and oxygen atoms in total. The van der Waals surface area contributed by atoms with Gasteiger partial charge in [0.1, 0.15) is 5.75 Å². The number of hydrogen-bond donors (Lipinski definition) is 0. The minimum Gasteiger partial charge on any atom is -0.496 e. The van der Waals surface area contributed by atoms with Crippen LogP contribution in [0, 0.1) is 0 Å². The van der Waals surface area contributed by atoms with Gasteiger partial charge in [0.2, 0.25) is 0 Å². The van der Waals surface area contributed by atoms with E-state index >= 15 is 0 Å². The highest BCUT2D eigenvalue weighted by Gasteiger charge is 2.16. The van der Waals surface area contributed by atoms with Gasteiger partial charge >= 0.3 is 0 Å². The minimum absolute atomic E-state index is 0.218. The van der Waals surface area contributed by atoms with E-state index in [-0.39, 0.29) is 4.83 Å². The Hall–Kier alpha value is -1.20. The van der Waals surface area contributed by atoms with Gasteiger partial charge in [-0.1, -0.05) is 22.0 Å². The van der Waals surface area contributed by atoms with Crippen molar-refractivity contribution < 1.29 is 14.2 Å². The molecule has 5 heteroatoms. The molecule has 1 aromatic carbocycles. The van der Waals surface area contributed by atoms with Gasteiger partial charge in [-0.2, -0.15) is 0 Å². The molecular weight excluding hydrogens is 340 g/mol. The summed E-state index contributed by atoms with van der Waals surface area (Å²) in [6, 6.07) is 7.98. The topological polar surface area (TPSA) is 27.7 Å². The van der Waals surface area contributed by atoms with Crippen LogP contribution in [-0.4, -0.2) is 21.3 Å². The van der Waals surface area contributed by atoms with Gasteiger partial charge in [-0.05, 0) is 35.6 Å². The van der Waals surface area contributed by atoms with Crippen molar-refractivity contribution >= 4 is 27.3 Å². The average molecular weight is 357 g/mol. The molecule has 0 amide bonds. The third-order valence-corrected chi connectivity index (χ3v) is 5.12. The quantitative estimate of drug-likeness (QED) is 0.715. The first kappa shape index (κ1) is 15.2. The van der Waals surface area contributed by atoms with E-state index in [2.05, 4.69) is 22.0 Å². The van der Waals surface area contributed by atoms with Crippen LogP contribution in [-0.2, 0) is 6.42 Å². The standard InChI is InChI=1S/C15H17BrO3S/c1-17-12-5-4-10(9-14(12)19-3)8-11(16)15-13(18-2)6-7-20-15/h4-7,9,11H,8H2,1-3H3. The molecule has 0 bridgehead atoms. The highest BCUT2D eigenvalue weighted by molar-refractivity contribution is 9.09. The molecule has 1 unspecified atom stereocenters. The Bertz CT molecular complexity index is 568. The zero-order valence-corrected chi connectivity index (χ0v) is 14.1. The fourth-order valence-corrected chi connectivity index (χ4v) is 3.77. The van der Waals surface area contributed by atoms with Crippen molar-refractivity contribution in [3.8, 4) is 17.2 Å². The Morgan fingerprint density at radius 2 is 1.70 bits per heavy atom. The Balaban J connectivity index is 2.17. The predicted molar refractivity (Wildman–Crippen MR) is 85.8 cm³/mol. The number of methoxy groups -OCH3 is 3. The zero-order valence-electron chi connectivity index (χ0n) is 11.7. The summed E-state index contributed by atoms with van der Waals surface area (Å²) in [4.78, 5) is 1.41. The molecule has 2 aromatic rings. The molecule has 0 N–H and O–H groups in total. The average Bonchev–Trinajstić information content (AvgIpc) is 2.95. The first-order valence-corrected chi connectivity index (χ1v) is 7.95. The summed E-state index contributed by atoms with van der Waals surface area (Å²) in [5.41, 5.74) is 1.18. The van der Waals surface area contributed by atoms with Crippen LogP contribution in [0.4, 0.5) is 0 Å². The van der Waals surface area contributed by atoms with E-state index in [1.807, 2.05) is 23.6 Å². The maximum Gasteiger partial charge on any atom is 0.160 e. The smallest absolute Gasteiger partial charge is 0.160 e. The number of alkyl halides is 1. The second kappa shape index (κ2) is 6.99. The van der Waals surface area contributed by atoms with E-state index < -0.39 is 0 Å². The predicted octanol–water partition coefficient (Wildman–Crippen LogP) is 4.45. The first-order valence-electron chi connectivity index (χ1n) is 6.16. The molecule has 0 radical (unpaired) electrons. The van der Waals surface area contributed by atoms with Gasteiger partial charge in [0.05, 0.1) is 31.0 Å². The Morgan fingerprint density at radius 3 is 2.35 bits per heavy atom. The monoisotopic (exact) mass is 356 g/mol. The molecule has 1 aromatic heterocycles. The largest absolute Gasteiger partial charge is 0.496 e. The molecule has 108 valence electrons. The zero-order chi connectivity index (χ0) is 14.5. The van der Waals surface area contributed by atoms with Gasteiger partial charge in [0.15, 0.2) is 11.5 Å². The number of benzene rings is 1. The summed E-state index contributed by atoms with van der Waals surface area (Å²) in [6.45, 7) is 0. The summed E-state index contributed by atoms with van der Waals surface area (Å²) in [7, 11) is 4.98. The van der Waals surface area contributed by atoms with Crippen LogP contribution in [0.15, 0.2) is 29.6 Å². The lowest BCUT2D eigenvalue weighted by atomic mass is 10.1. The van der Waals surface area contributed by atoms with E-state index in [0.717, 1.165) is 23.7 Å². The van der Waals surface area contributed by atoms with Crippen molar-refractivity contribution in [3.63, 3.8) is 0 Å². The third kappa shape index (κ3) is 3.27. The summed E-state index contributed by atoms with van der Waals surface area (Å²) < 4.78 is 15.9. The molecule has 0 aliphatic carbocycles. The van der Waals surface area contributed by atoms with Crippen LogP contribution in [0.1, 0.15) is 15.3 Å². The molecule has 0 saturated heterocycles. The Kier molecular flexibility index (Phi) is 5.31. The molecule has 0 aliphatic heterocycles. The molecule has 0 aliphatic rings. The molecule has 0 fully saturated rings. The normalized spacial score (nSPS) is 12.0. The van der Waals surface area contributed by atoms with Crippen molar-refractivity contribution in [2.45, 2.75) is 11.2 Å². The summed E-state index contributed by atoms with van der Waals surface area (Å²) in [6.07, 6.45) is 0.858. The third-order valence-electron chi connectivity index (χ3n) is 3.02. The van der Waals surface area contributed by atoms with Gasteiger partial charge in [-0.25, -0.2) is 0 Å². The summed E-state index contributed by atoms with van der Waals surface area (Å²) >= 11 is 5.43. The lowest BCUT2D eigenvalue weighted by molar-refractivity contribution is 0.354. The Labute approximate surface area is 131 Å². The fraction of sp³-hybridized carbons (Fsp3) is 0.333. The fourth-order valence-electron chi connectivity index (χ4n) is 2.01. The number of halogens is 1. The van der Waals surface area contributed by atoms with Crippen molar-refractivity contribution in [1.82, 2.24) is 0 Å². The molecule has 2 rings (SSSR count). The SMILES string of the molecule is COc1ccc(CC(Br)c2sccc2OC)cc1OC. The molecule has 1 atom stereocenters. The van der Waals surface area contributed by atoms with Gasteiger partial charge < -0.3 is 14.2 Å². The lowest BCUT2D eigenvalue weighted by Gasteiger charge is -2.13. The van der Waals surface area contributed by atoms with Crippen LogP contribution in [0.2, 0.25) is 0 Å². The summed E-state index contributed by atoms with van der Waals surface area (Å²) in [5.74, 6) is 2.43. The maximum atomic E-state index is 5.36. The molecule has 1 heterocycles. The van der Waals surface area contributed by atoms with Crippen molar-refractivity contribution in [3.05, 3.63) is 40.1 Å². The van der Waals surface area contributed by atoms with Gasteiger partial charge in [-0.3, -0.25) is 0 Å². The number of ether oxygens (including phenoxy) is 3. The highest BCUT2D eigenvalue weighted by Crippen LogP contribution is 2.39. The van der Waals surface area contributed by atoms with Gasteiger partial charge in [0, 0.05) is 0 Å². The van der Waals surface area contributed by atoms with E-state index in [0.29, 0.717) is 0 Å². The second-order valence-corrected chi connectivity index (χ2v) is 6.27. The first-order chi connectivity index (χ1) is 9.69. The van der Waals surface area contributed by atoms with Crippen LogP contribution in [0.5, 0.6) is 17.2 Å². The van der Waals surface area contributed by atoms with Crippen LogP contribution in [0.25, 0.3) is 0 Å². The van der Waals surface area contributed by atoms with Crippen molar-refractivity contribution in [2.24, 2.45) is 0 Å². The lowest BCUT2D eigenvalue weighted by Crippen LogP contribution is -1.97. The van der Waals surface area contributed by atoms with Crippen molar-refractivity contribution in [1.29, 1.82) is 0 Å². The summed E-state index contributed by atoms with van der Waals surface area (Å²) in [5, 5.41) is 2.04. The molecular formula is C15H17BrO3S. The van der Waals surface area contributed by atoms with E-state index in [1.165, 1.54) is 10.4 Å². The second-order valence-electron chi connectivity index (χ2n) is 4.21. The maximum absolute atomic E-state index is 5.36. The Morgan fingerprint density at radius 1 is 1.00 bits per heavy atom. The number of thiophene rings is 1.